The van der Waals surface area contributed by atoms with Crippen LogP contribution in [0.5, 0.6) is 5.75 Å². The highest BCUT2D eigenvalue weighted by atomic mass is 79.9. The number of anilines is 1. The molecule has 1 aliphatic rings. The fourth-order valence-electron chi connectivity index (χ4n) is 3.99. The van der Waals surface area contributed by atoms with Crippen LogP contribution in [0.15, 0.2) is 51.7 Å². The predicted molar refractivity (Wildman–Crippen MR) is 137 cm³/mol. The van der Waals surface area contributed by atoms with Gasteiger partial charge in [0, 0.05) is 22.1 Å². The lowest BCUT2D eigenvalue weighted by Crippen LogP contribution is -2.33. The summed E-state index contributed by atoms with van der Waals surface area (Å²) < 4.78 is 8.15. The van der Waals surface area contributed by atoms with Crippen molar-refractivity contribution in [3.63, 3.8) is 0 Å². The number of unbranched alkanes of at least 4 members (excludes halogenated alkanes) is 1. The van der Waals surface area contributed by atoms with Crippen LogP contribution in [0.4, 0.5) is 5.69 Å². The van der Waals surface area contributed by atoms with Gasteiger partial charge in [0.2, 0.25) is 4.96 Å². The minimum atomic E-state index is -0.326. The molecule has 2 aromatic carbocycles. The maximum atomic E-state index is 13.4. The Kier molecular flexibility index (Phi) is 6.22. The number of carbonyl (C=O) groups is 1. The molecular formula is C25H23BrN4O3S. The van der Waals surface area contributed by atoms with Crippen LogP contribution in [0.2, 0.25) is 0 Å². The number of thiazole rings is 1. The summed E-state index contributed by atoms with van der Waals surface area (Å²) in [5.74, 6) is 1.10. The largest absolute Gasteiger partial charge is 0.494 e. The highest BCUT2D eigenvalue weighted by Gasteiger charge is 2.34. The molecule has 0 radical (unpaired) electrons. The van der Waals surface area contributed by atoms with Crippen molar-refractivity contribution in [2.24, 2.45) is 0 Å². The predicted octanol–water partition coefficient (Wildman–Crippen LogP) is 4.43. The summed E-state index contributed by atoms with van der Waals surface area (Å²) >= 11 is 4.70. The topological polar surface area (TPSA) is 76.8 Å². The van der Waals surface area contributed by atoms with Crippen LogP contribution in [-0.4, -0.2) is 33.7 Å². The zero-order valence-corrected chi connectivity index (χ0v) is 21.3. The van der Waals surface area contributed by atoms with Gasteiger partial charge in [-0.05, 0) is 55.3 Å². The second-order valence-corrected chi connectivity index (χ2v) is 9.98. The van der Waals surface area contributed by atoms with Crippen molar-refractivity contribution in [2.75, 3.05) is 18.1 Å². The number of hydrogen-bond acceptors (Lipinski definition) is 6. The average molecular weight is 539 g/mol. The first kappa shape index (κ1) is 22.7. The molecule has 7 nitrogen and oxygen atoms in total. The number of benzene rings is 2. The van der Waals surface area contributed by atoms with Gasteiger partial charge in [0.1, 0.15) is 10.3 Å². The summed E-state index contributed by atoms with van der Waals surface area (Å²) in [6.45, 7) is 5.42. The van der Waals surface area contributed by atoms with Crippen LogP contribution in [-0.2, 0) is 4.79 Å². The molecule has 174 valence electrons. The van der Waals surface area contributed by atoms with Gasteiger partial charge in [0.05, 0.1) is 17.9 Å². The molecule has 5 rings (SSSR count). The zero-order valence-electron chi connectivity index (χ0n) is 18.9. The molecule has 0 saturated heterocycles. The van der Waals surface area contributed by atoms with Crippen molar-refractivity contribution in [1.29, 1.82) is 0 Å². The quantitative estimate of drug-likeness (QED) is 0.347. The maximum absolute atomic E-state index is 13.4. The molecule has 2 aromatic heterocycles. The van der Waals surface area contributed by atoms with Crippen molar-refractivity contribution < 1.29 is 9.53 Å². The number of hydrogen-bond donors (Lipinski definition) is 0. The second-order valence-electron chi connectivity index (χ2n) is 8.09. The number of aromatic nitrogens is 3. The van der Waals surface area contributed by atoms with Crippen molar-refractivity contribution in [3.8, 4) is 17.1 Å². The Balaban J connectivity index is 1.58. The second kappa shape index (κ2) is 9.31. The third kappa shape index (κ3) is 3.92. The zero-order chi connectivity index (χ0) is 23.8. The van der Waals surface area contributed by atoms with Gasteiger partial charge >= 0.3 is 0 Å². The molecule has 0 aliphatic carbocycles. The van der Waals surface area contributed by atoms with E-state index in [9.17, 15) is 9.59 Å². The number of amides is 1. The van der Waals surface area contributed by atoms with E-state index >= 15 is 0 Å². The van der Waals surface area contributed by atoms with E-state index < -0.39 is 0 Å². The summed E-state index contributed by atoms with van der Waals surface area (Å²) in [5, 5.41) is 4.45. The highest BCUT2D eigenvalue weighted by Crippen LogP contribution is 2.37. The lowest BCUT2D eigenvalue weighted by atomic mass is 10.1. The number of nitrogens with zero attached hydrogens (tertiary/aromatic N) is 4. The number of halogens is 1. The van der Waals surface area contributed by atoms with Crippen LogP contribution in [0, 0.1) is 0 Å². The smallest absolute Gasteiger partial charge is 0.291 e. The van der Waals surface area contributed by atoms with E-state index in [2.05, 4.69) is 39.9 Å². The van der Waals surface area contributed by atoms with Crippen LogP contribution >= 0.6 is 27.3 Å². The van der Waals surface area contributed by atoms with Crippen LogP contribution in [0.25, 0.3) is 21.9 Å². The van der Waals surface area contributed by atoms with E-state index in [0.717, 1.165) is 46.3 Å². The first-order chi connectivity index (χ1) is 16.5. The summed E-state index contributed by atoms with van der Waals surface area (Å²) in [6.07, 6.45) is 2.80. The molecular weight excluding hydrogens is 516 g/mol. The third-order valence-corrected chi connectivity index (χ3v) is 7.21. The van der Waals surface area contributed by atoms with Gasteiger partial charge in [0.25, 0.3) is 11.5 Å². The van der Waals surface area contributed by atoms with E-state index in [1.807, 2.05) is 42.5 Å². The normalized spacial score (nSPS) is 14.8. The Morgan fingerprint density at radius 2 is 1.85 bits per heavy atom. The minimum absolute atomic E-state index is 0.147. The van der Waals surface area contributed by atoms with E-state index in [1.54, 1.807) is 4.90 Å². The molecule has 0 bridgehead atoms. The van der Waals surface area contributed by atoms with Gasteiger partial charge in [-0.15, -0.1) is 5.10 Å². The molecule has 4 aromatic rings. The summed E-state index contributed by atoms with van der Waals surface area (Å²) in [6, 6.07) is 13.2. The van der Waals surface area contributed by atoms with Crippen molar-refractivity contribution in [2.45, 2.75) is 33.1 Å². The van der Waals surface area contributed by atoms with E-state index in [0.29, 0.717) is 34.0 Å². The molecule has 0 saturated carbocycles. The van der Waals surface area contributed by atoms with Crippen LogP contribution < -0.4 is 19.7 Å². The Morgan fingerprint density at radius 3 is 2.56 bits per heavy atom. The number of ether oxygens (including phenoxy) is 1. The SMILES string of the molecule is CCCCN1C(=O)/C(=c2\sc3nc(-c4ccc(OCCC)cc4)nn3c2=O)c2cc(Br)ccc21. The molecule has 0 spiro atoms. The van der Waals surface area contributed by atoms with Crippen molar-refractivity contribution >= 4 is 49.4 Å². The summed E-state index contributed by atoms with van der Waals surface area (Å²) in [7, 11) is 0. The molecule has 1 aliphatic heterocycles. The summed E-state index contributed by atoms with van der Waals surface area (Å²) in [4.78, 5) is 33.6. The monoisotopic (exact) mass is 538 g/mol. The van der Waals surface area contributed by atoms with E-state index in [1.165, 1.54) is 15.9 Å². The van der Waals surface area contributed by atoms with Gasteiger partial charge < -0.3 is 9.64 Å². The van der Waals surface area contributed by atoms with E-state index in [-0.39, 0.29) is 11.5 Å². The molecule has 34 heavy (non-hydrogen) atoms. The van der Waals surface area contributed by atoms with Gasteiger partial charge in [0.15, 0.2) is 5.82 Å². The fraction of sp³-hybridized carbons (Fsp3) is 0.280. The Morgan fingerprint density at radius 1 is 1.06 bits per heavy atom. The van der Waals surface area contributed by atoms with Crippen molar-refractivity contribution in [1.82, 2.24) is 14.6 Å². The molecule has 0 fully saturated rings. The van der Waals surface area contributed by atoms with Crippen LogP contribution in [0.3, 0.4) is 0 Å². The number of carbonyl (C=O) groups excluding carboxylic acids is 1. The molecule has 9 heteroatoms. The van der Waals surface area contributed by atoms with Gasteiger partial charge in [-0.2, -0.15) is 9.50 Å². The summed E-state index contributed by atoms with van der Waals surface area (Å²) in [5.41, 5.74) is 2.49. The lowest BCUT2D eigenvalue weighted by molar-refractivity contribution is -0.113. The average Bonchev–Trinajstić information content (AvgIpc) is 3.47. The Labute approximate surface area is 208 Å². The minimum Gasteiger partial charge on any atom is -0.494 e. The molecule has 1 amide bonds. The van der Waals surface area contributed by atoms with E-state index in [4.69, 9.17) is 4.74 Å². The third-order valence-electron chi connectivity index (χ3n) is 5.68. The fourth-order valence-corrected chi connectivity index (χ4v) is 5.35. The lowest BCUT2D eigenvalue weighted by Gasteiger charge is -2.16. The van der Waals surface area contributed by atoms with Gasteiger partial charge in [-0.25, -0.2) is 0 Å². The Hall–Kier alpha value is -3.04. The number of fused-ring (bicyclic) bond motifs is 2. The Bertz CT molecular complexity index is 1490. The number of rotatable bonds is 7. The van der Waals surface area contributed by atoms with Crippen LogP contribution in [0.1, 0.15) is 38.7 Å². The first-order valence-corrected chi connectivity index (χ1v) is 12.9. The molecule has 3 heterocycles. The molecule has 0 atom stereocenters. The molecule has 0 unspecified atom stereocenters. The van der Waals surface area contributed by atoms with Gasteiger partial charge in [-0.1, -0.05) is 47.5 Å². The highest BCUT2D eigenvalue weighted by molar-refractivity contribution is 9.10. The molecule has 0 N–H and O–H groups in total. The van der Waals surface area contributed by atoms with Crippen molar-refractivity contribution in [3.05, 3.63) is 67.4 Å². The maximum Gasteiger partial charge on any atom is 0.291 e. The van der Waals surface area contributed by atoms with Gasteiger partial charge in [-0.3, -0.25) is 9.59 Å². The standard InChI is InChI=1S/C25H23BrN4O3S/c1-3-5-12-29-19-11-8-16(26)14-18(19)20(23(29)31)21-24(32)30-25(34-21)27-22(28-30)15-6-9-17(10-7-15)33-13-4-2/h6-11,14H,3-5,12-13H2,1-2H3/b21-20-. The first-order valence-electron chi connectivity index (χ1n) is 11.3.